The van der Waals surface area contributed by atoms with Gasteiger partial charge in [0.2, 0.25) is 5.95 Å². The number of aryl methyl sites for hydroxylation is 1. The number of hydrogen-bond acceptors (Lipinski definition) is 4. The van der Waals surface area contributed by atoms with E-state index in [4.69, 9.17) is 11.6 Å². The molecule has 0 fully saturated rings. The van der Waals surface area contributed by atoms with Crippen LogP contribution in [0.25, 0.3) is 0 Å². The predicted octanol–water partition coefficient (Wildman–Crippen LogP) is 4.15. The Morgan fingerprint density at radius 3 is 2.62 bits per heavy atom. The van der Waals surface area contributed by atoms with E-state index in [0.29, 0.717) is 28.9 Å². The van der Waals surface area contributed by atoms with Gasteiger partial charge in [-0.2, -0.15) is 0 Å². The fourth-order valence-electron chi connectivity index (χ4n) is 2.49. The standard InChI is InChI=1S/C20H19ClN4O/c1-14-12-18(19(26)22-11-10-15-6-3-2-4-7-15)25-20(23-14)24-17-9-5-8-16(21)13-17/h2-9,12-13H,10-11H2,1H3,(H,22,26)(H,23,24,25). The van der Waals surface area contributed by atoms with E-state index in [9.17, 15) is 4.79 Å². The molecule has 6 heteroatoms. The van der Waals surface area contributed by atoms with E-state index < -0.39 is 0 Å². The van der Waals surface area contributed by atoms with Gasteiger partial charge in [-0.25, -0.2) is 9.97 Å². The zero-order valence-corrected chi connectivity index (χ0v) is 15.1. The van der Waals surface area contributed by atoms with Gasteiger partial charge in [-0.15, -0.1) is 0 Å². The maximum Gasteiger partial charge on any atom is 0.270 e. The summed E-state index contributed by atoms with van der Waals surface area (Å²) in [5.41, 5.74) is 2.97. The lowest BCUT2D eigenvalue weighted by atomic mass is 10.1. The zero-order valence-electron chi connectivity index (χ0n) is 14.4. The molecule has 1 aromatic heterocycles. The molecule has 26 heavy (non-hydrogen) atoms. The molecular weight excluding hydrogens is 348 g/mol. The summed E-state index contributed by atoms with van der Waals surface area (Å²) < 4.78 is 0. The number of rotatable bonds is 6. The minimum Gasteiger partial charge on any atom is -0.350 e. The molecule has 3 aromatic rings. The molecule has 1 amide bonds. The predicted molar refractivity (Wildman–Crippen MR) is 104 cm³/mol. The second-order valence-corrected chi connectivity index (χ2v) is 6.28. The van der Waals surface area contributed by atoms with Crippen LogP contribution >= 0.6 is 11.6 Å². The lowest BCUT2D eigenvalue weighted by molar-refractivity contribution is 0.0949. The second-order valence-electron chi connectivity index (χ2n) is 5.85. The van der Waals surface area contributed by atoms with Gasteiger partial charge in [-0.05, 0) is 43.2 Å². The van der Waals surface area contributed by atoms with Crippen LogP contribution in [-0.2, 0) is 6.42 Å². The third kappa shape index (κ3) is 5.04. The molecule has 2 aromatic carbocycles. The molecule has 0 aliphatic heterocycles. The number of nitrogens with one attached hydrogen (secondary N) is 2. The smallest absolute Gasteiger partial charge is 0.270 e. The molecule has 2 N–H and O–H groups in total. The van der Waals surface area contributed by atoms with Crippen LogP contribution in [0.15, 0.2) is 60.7 Å². The first-order valence-electron chi connectivity index (χ1n) is 8.30. The molecule has 0 saturated heterocycles. The first-order chi connectivity index (χ1) is 12.6. The SMILES string of the molecule is Cc1cc(C(=O)NCCc2ccccc2)nc(Nc2cccc(Cl)c2)n1. The van der Waals surface area contributed by atoms with Crippen LogP contribution < -0.4 is 10.6 Å². The molecule has 0 unspecified atom stereocenters. The van der Waals surface area contributed by atoms with E-state index in [1.807, 2.05) is 49.4 Å². The van der Waals surface area contributed by atoms with Crippen LogP contribution in [0.1, 0.15) is 21.7 Å². The van der Waals surface area contributed by atoms with Crippen LogP contribution in [-0.4, -0.2) is 22.4 Å². The molecule has 0 atom stereocenters. The van der Waals surface area contributed by atoms with E-state index in [1.165, 1.54) is 5.56 Å². The number of halogens is 1. The number of amides is 1. The summed E-state index contributed by atoms with van der Waals surface area (Å²) in [7, 11) is 0. The highest BCUT2D eigenvalue weighted by atomic mass is 35.5. The van der Waals surface area contributed by atoms with Crippen molar-refractivity contribution < 1.29 is 4.79 Å². The normalized spacial score (nSPS) is 10.4. The average Bonchev–Trinajstić information content (AvgIpc) is 2.62. The summed E-state index contributed by atoms with van der Waals surface area (Å²) in [5, 5.41) is 6.59. The molecule has 0 saturated carbocycles. The lowest BCUT2D eigenvalue weighted by Gasteiger charge is -2.09. The fraction of sp³-hybridized carbons (Fsp3) is 0.150. The highest BCUT2D eigenvalue weighted by molar-refractivity contribution is 6.30. The molecule has 0 spiro atoms. The number of aromatic nitrogens is 2. The third-order valence-electron chi connectivity index (χ3n) is 3.71. The number of benzene rings is 2. The maximum absolute atomic E-state index is 12.4. The van der Waals surface area contributed by atoms with Gasteiger partial charge in [0.1, 0.15) is 5.69 Å². The van der Waals surface area contributed by atoms with Crippen LogP contribution in [0.5, 0.6) is 0 Å². The van der Waals surface area contributed by atoms with Crippen LogP contribution in [0.3, 0.4) is 0 Å². The van der Waals surface area contributed by atoms with Gasteiger partial charge in [0.15, 0.2) is 0 Å². The Kier molecular flexibility index (Phi) is 5.81. The monoisotopic (exact) mass is 366 g/mol. The summed E-state index contributed by atoms with van der Waals surface area (Å²) >= 11 is 5.99. The highest BCUT2D eigenvalue weighted by Crippen LogP contribution is 2.18. The van der Waals surface area contributed by atoms with Gasteiger partial charge >= 0.3 is 0 Å². The van der Waals surface area contributed by atoms with Crippen molar-refractivity contribution in [1.82, 2.24) is 15.3 Å². The fourth-order valence-corrected chi connectivity index (χ4v) is 2.68. The number of hydrogen-bond donors (Lipinski definition) is 2. The summed E-state index contributed by atoms with van der Waals surface area (Å²) in [4.78, 5) is 21.0. The van der Waals surface area contributed by atoms with Crippen molar-refractivity contribution in [3.63, 3.8) is 0 Å². The van der Waals surface area contributed by atoms with Crippen LogP contribution in [0.2, 0.25) is 5.02 Å². The summed E-state index contributed by atoms with van der Waals surface area (Å²) in [6, 6.07) is 18.9. The topological polar surface area (TPSA) is 66.9 Å². The Balaban J connectivity index is 1.65. The number of carbonyl (C=O) groups is 1. The van der Waals surface area contributed by atoms with Crippen molar-refractivity contribution in [3.8, 4) is 0 Å². The minimum atomic E-state index is -0.222. The van der Waals surface area contributed by atoms with Crippen LogP contribution in [0.4, 0.5) is 11.6 Å². The van der Waals surface area contributed by atoms with E-state index in [1.54, 1.807) is 18.2 Å². The average molecular weight is 367 g/mol. The van der Waals surface area contributed by atoms with Crippen molar-refractivity contribution in [1.29, 1.82) is 0 Å². The molecular formula is C20H19ClN4O. The van der Waals surface area contributed by atoms with Gasteiger partial charge in [0.05, 0.1) is 0 Å². The summed E-state index contributed by atoms with van der Waals surface area (Å²) in [6.07, 6.45) is 0.768. The Labute approximate surface area is 157 Å². The van der Waals surface area contributed by atoms with Crippen molar-refractivity contribution in [2.24, 2.45) is 0 Å². The number of anilines is 2. The molecule has 0 aliphatic rings. The third-order valence-corrected chi connectivity index (χ3v) is 3.94. The molecule has 3 rings (SSSR count). The van der Waals surface area contributed by atoms with E-state index in [2.05, 4.69) is 20.6 Å². The van der Waals surface area contributed by atoms with Crippen LogP contribution in [0, 0.1) is 6.92 Å². The zero-order chi connectivity index (χ0) is 18.4. The Bertz CT molecular complexity index is 899. The van der Waals surface area contributed by atoms with Gasteiger partial charge in [0, 0.05) is 22.9 Å². The largest absolute Gasteiger partial charge is 0.350 e. The van der Waals surface area contributed by atoms with Crippen molar-refractivity contribution in [2.45, 2.75) is 13.3 Å². The lowest BCUT2D eigenvalue weighted by Crippen LogP contribution is -2.27. The minimum absolute atomic E-state index is 0.222. The Hall–Kier alpha value is -2.92. The first-order valence-corrected chi connectivity index (χ1v) is 8.68. The summed E-state index contributed by atoms with van der Waals surface area (Å²) in [6.45, 7) is 2.37. The number of nitrogens with zero attached hydrogens (tertiary/aromatic N) is 2. The molecule has 0 radical (unpaired) electrons. The Morgan fingerprint density at radius 2 is 1.85 bits per heavy atom. The molecule has 132 valence electrons. The Morgan fingerprint density at radius 1 is 1.04 bits per heavy atom. The number of carbonyl (C=O) groups excluding carboxylic acids is 1. The molecule has 0 aliphatic carbocycles. The first kappa shape index (κ1) is 17.9. The quantitative estimate of drug-likeness (QED) is 0.687. The van der Waals surface area contributed by atoms with E-state index >= 15 is 0 Å². The van der Waals surface area contributed by atoms with Gasteiger partial charge in [0.25, 0.3) is 5.91 Å². The van der Waals surface area contributed by atoms with E-state index in [-0.39, 0.29) is 5.91 Å². The van der Waals surface area contributed by atoms with Crippen molar-refractivity contribution in [2.75, 3.05) is 11.9 Å². The maximum atomic E-state index is 12.4. The van der Waals surface area contributed by atoms with Gasteiger partial charge in [-0.3, -0.25) is 4.79 Å². The van der Waals surface area contributed by atoms with Crippen molar-refractivity contribution in [3.05, 3.63) is 82.6 Å². The van der Waals surface area contributed by atoms with Crippen molar-refractivity contribution >= 4 is 29.1 Å². The molecule has 0 bridgehead atoms. The second kappa shape index (κ2) is 8.45. The molecule has 5 nitrogen and oxygen atoms in total. The van der Waals surface area contributed by atoms with E-state index in [0.717, 1.165) is 12.1 Å². The van der Waals surface area contributed by atoms with Gasteiger partial charge < -0.3 is 10.6 Å². The summed E-state index contributed by atoms with van der Waals surface area (Å²) in [5.74, 6) is 0.140. The van der Waals surface area contributed by atoms with Gasteiger partial charge in [-0.1, -0.05) is 48.0 Å². The molecule has 1 heterocycles. The highest BCUT2D eigenvalue weighted by Gasteiger charge is 2.10.